The van der Waals surface area contributed by atoms with Crippen molar-refractivity contribution in [3.63, 3.8) is 0 Å². The number of primary amides is 1. The normalized spacial score (nSPS) is 14.8. The van der Waals surface area contributed by atoms with Gasteiger partial charge >= 0.3 is 6.09 Å². The first-order chi connectivity index (χ1) is 15.8. The van der Waals surface area contributed by atoms with Crippen LogP contribution in [0.25, 0.3) is 22.6 Å². The number of carbonyl (C=O) groups excluding carboxylic acids is 2. The highest BCUT2D eigenvalue weighted by Gasteiger charge is 2.21. The molecular formula is C27H33N3O3. The average molecular weight is 448 g/mol. The number of likely N-dealkylation sites (tertiary alicyclic amines) is 1. The van der Waals surface area contributed by atoms with Crippen LogP contribution in [0.3, 0.4) is 0 Å². The summed E-state index contributed by atoms with van der Waals surface area (Å²) in [5, 5.41) is 0.943. The molecule has 1 aromatic heterocycles. The van der Waals surface area contributed by atoms with Gasteiger partial charge in [0.05, 0.1) is 17.7 Å². The lowest BCUT2D eigenvalue weighted by Crippen LogP contribution is -2.37. The third-order valence-electron chi connectivity index (χ3n) is 5.71. The SMILES string of the molecule is C=C/C=C\C(=CC)c1cc(C(N)=O)c2[nH]cc(C=C3CCN(C(=O)OCC(C)C)CC3)c2c1. The fraction of sp³-hybridized carbons (Fsp3) is 0.333. The lowest BCUT2D eigenvalue weighted by atomic mass is 9.96. The molecule has 1 fully saturated rings. The average Bonchev–Trinajstić information content (AvgIpc) is 3.20. The zero-order valence-corrected chi connectivity index (χ0v) is 19.7. The fourth-order valence-electron chi connectivity index (χ4n) is 3.93. The van der Waals surface area contributed by atoms with Gasteiger partial charge in [-0.15, -0.1) is 0 Å². The van der Waals surface area contributed by atoms with Crippen LogP contribution in [0, 0.1) is 5.92 Å². The zero-order chi connectivity index (χ0) is 24.0. The number of aromatic amines is 1. The number of nitrogens with zero attached hydrogens (tertiary/aromatic N) is 1. The van der Waals surface area contributed by atoms with Gasteiger partial charge < -0.3 is 20.4 Å². The Kier molecular flexibility index (Phi) is 7.93. The summed E-state index contributed by atoms with van der Waals surface area (Å²) in [6.07, 6.45) is 12.9. The molecule has 6 heteroatoms. The van der Waals surface area contributed by atoms with Crippen molar-refractivity contribution in [1.29, 1.82) is 0 Å². The summed E-state index contributed by atoms with van der Waals surface area (Å²) < 4.78 is 5.35. The van der Waals surface area contributed by atoms with Gasteiger partial charge in [0.1, 0.15) is 0 Å². The van der Waals surface area contributed by atoms with E-state index in [9.17, 15) is 9.59 Å². The van der Waals surface area contributed by atoms with E-state index in [-0.39, 0.29) is 6.09 Å². The summed E-state index contributed by atoms with van der Waals surface area (Å²) in [4.78, 5) is 29.4. The minimum absolute atomic E-state index is 0.239. The molecule has 33 heavy (non-hydrogen) atoms. The number of benzene rings is 1. The molecule has 1 aliphatic rings. The van der Waals surface area contributed by atoms with E-state index in [1.165, 1.54) is 5.57 Å². The van der Waals surface area contributed by atoms with Gasteiger partial charge in [-0.1, -0.05) is 56.4 Å². The van der Waals surface area contributed by atoms with Gasteiger partial charge in [-0.3, -0.25) is 4.79 Å². The molecule has 0 unspecified atom stereocenters. The summed E-state index contributed by atoms with van der Waals surface area (Å²) in [6.45, 7) is 11.4. The highest BCUT2D eigenvalue weighted by atomic mass is 16.6. The smallest absolute Gasteiger partial charge is 0.409 e. The fourth-order valence-corrected chi connectivity index (χ4v) is 3.93. The Labute approximate surface area is 195 Å². The van der Waals surface area contributed by atoms with E-state index in [4.69, 9.17) is 10.5 Å². The van der Waals surface area contributed by atoms with Crippen molar-refractivity contribution in [1.82, 2.24) is 9.88 Å². The van der Waals surface area contributed by atoms with Crippen molar-refractivity contribution in [3.05, 3.63) is 71.5 Å². The Morgan fingerprint density at radius 3 is 2.61 bits per heavy atom. The highest BCUT2D eigenvalue weighted by Crippen LogP contribution is 2.30. The second-order valence-electron chi connectivity index (χ2n) is 8.65. The van der Waals surface area contributed by atoms with Gasteiger partial charge in [0.25, 0.3) is 5.91 Å². The van der Waals surface area contributed by atoms with Crippen LogP contribution in [0.4, 0.5) is 4.79 Å². The van der Waals surface area contributed by atoms with Gasteiger partial charge in [0.2, 0.25) is 0 Å². The predicted molar refractivity (Wildman–Crippen MR) is 135 cm³/mol. The number of H-pyrrole nitrogens is 1. The number of allylic oxidation sites excluding steroid dienone is 5. The van der Waals surface area contributed by atoms with Gasteiger partial charge in [-0.05, 0) is 54.5 Å². The molecule has 1 aromatic carbocycles. The summed E-state index contributed by atoms with van der Waals surface area (Å²) >= 11 is 0. The first-order valence-corrected chi connectivity index (χ1v) is 11.4. The number of rotatable bonds is 7. The molecule has 3 rings (SSSR count). The van der Waals surface area contributed by atoms with Gasteiger partial charge in [0.15, 0.2) is 0 Å². The lowest BCUT2D eigenvalue weighted by molar-refractivity contribution is 0.0896. The molecule has 6 nitrogen and oxygen atoms in total. The maximum atomic E-state index is 12.2. The molecule has 0 atom stereocenters. The molecule has 1 saturated heterocycles. The van der Waals surface area contributed by atoms with Crippen molar-refractivity contribution in [3.8, 4) is 0 Å². The van der Waals surface area contributed by atoms with Crippen LogP contribution in [-0.2, 0) is 4.74 Å². The molecule has 0 aliphatic carbocycles. The summed E-state index contributed by atoms with van der Waals surface area (Å²) in [6, 6.07) is 3.90. The van der Waals surface area contributed by atoms with E-state index in [0.29, 0.717) is 31.2 Å². The molecule has 0 spiro atoms. The van der Waals surface area contributed by atoms with E-state index in [0.717, 1.165) is 40.4 Å². The maximum absolute atomic E-state index is 12.2. The monoisotopic (exact) mass is 447 g/mol. The Bertz CT molecular complexity index is 1120. The Balaban J connectivity index is 1.88. The van der Waals surface area contributed by atoms with Crippen molar-refractivity contribution >= 4 is 34.6 Å². The second kappa shape index (κ2) is 10.9. The first kappa shape index (κ1) is 24.1. The van der Waals surface area contributed by atoms with E-state index in [1.807, 2.05) is 51.3 Å². The van der Waals surface area contributed by atoms with Crippen molar-refractivity contribution in [2.24, 2.45) is 11.7 Å². The molecular weight excluding hydrogens is 414 g/mol. The third-order valence-corrected chi connectivity index (χ3v) is 5.71. The summed E-state index contributed by atoms with van der Waals surface area (Å²) in [7, 11) is 0. The lowest BCUT2D eigenvalue weighted by Gasteiger charge is -2.28. The van der Waals surface area contributed by atoms with Crippen molar-refractivity contribution in [2.45, 2.75) is 33.6 Å². The third kappa shape index (κ3) is 5.83. The number of nitrogens with one attached hydrogen (secondary N) is 1. The number of carbonyl (C=O) groups is 2. The molecule has 2 amide bonds. The molecule has 0 saturated carbocycles. The highest BCUT2D eigenvalue weighted by molar-refractivity contribution is 6.08. The van der Waals surface area contributed by atoms with Crippen molar-refractivity contribution in [2.75, 3.05) is 19.7 Å². The summed E-state index contributed by atoms with van der Waals surface area (Å²) in [5.41, 5.74) is 11.0. The number of hydrogen-bond acceptors (Lipinski definition) is 3. The van der Waals surface area contributed by atoms with E-state index >= 15 is 0 Å². The number of hydrogen-bond donors (Lipinski definition) is 2. The van der Waals surface area contributed by atoms with Gasteiger partial charge in [-0.25, -0.2) is 4.79 Å². The Morgan fingerprint density at radius 1 is 1.27 bits per heavy atom. The standard InChI is InChI=1S/C27H33N3O3/c1-5-7-8-20(6-2)21-14-23-22(16-29-25(23)24(15-21)26(28)31)13-19-9-11-30(12-10-19)27(32)33-17-18(3)4/h5-8,13-16,18,29H,1,9-12,17H2,2-4H3,(H2,28,31)/b8-7-,20-6?. The van der Waals surface area contributed by atoms with Crippen LogP contribution in [0.1, 0.15) is 55.1 Å². The molecule has 2 aromatic rings. The molecule has 2 heterocycles. The van der Waals surface area contributed by atoms with Gasteiger partial charge in [0, 0.05) is 24.7 Å². The Morgan fingerprint density at radius 2 is 2.00 bits per heavy atom. The topological polar surface area (TPSA) is 88.4 Å². The minimum Gasteiger partial charge on any atom is -0.449 e. The van der Waals surface area contributed by atoms with E-state index in [2.05, 4.69) is 23.7 Å². The first-order valence-electron chi connectivity index (χ1n) is 11.4. The number of fused-ring (bicyclic) bond motifs is 1. The van der Waals surface area contributed by atoms with Crippen LogP contribution < -0.4 is 5.73 Å². The minimum atomic E-state index is -0.473. The number of amides is 2. The van der Waals surface area contributed by atoms with Crippen molar-refractivity contribution < 1.29 is 14.3 Å². The molecule has 1 aliphatic heterocycles. The largest absolute Gasteiger partial charge is 0.449 e. The number of nitrogens with two attached hydrogens (primary N) is 1. The zero-order valence-electron chi connectivity index (χ0n) is 19.7. The number of aromatic nitrogens is 1. The maximum Gasteiger partial charge on any atom is 0.409 e. The Hall–Kier alpha value is -3.54. The van der Waals surface area contributed by atoms with Crippen LogP contribution in [-0.4, -0.2) is 41.6 Å². The van der Waals surface area contributed by atoms with Crippen LogP contribution >= 0.6 is 0 Å². The van der Waals surface area contributed by atoms with Crippen LogP contribution in [0.2, 0.25) is 0 Å². The van der Waals surface area contributed by atoms with Gasteiger partial charge in [-0.2, -0.15) is 0 Å². The quantitative estimate of drug-likeness (QED) is 0.535. The van der Waals surface area contributed by atoms with E-state index in [1.54, 1.807) is 11.0 Å². The number of piperidine rings is 1. The second-order valence-corrected chi connectivity index (χ2v) is 8.65. The molecule has 3 N–H and O–H groups in total. The number of ether oxygens (including phenoxy) is 1. The summed E-state index contributed by atoms with van der Waals surface area (Å²) in [5.74, 6) is -0.152. The van der Waals surface area contributed by atoms with Crippen LogP contribution in [0.15, 0.2) is 54.8 Å². The molecule has 174 valence electrons. The molecule has 0 bridgehead atoms. The van der Waals surface area contributed by atoms with Crippen LogP contribution in [0.5, 0.6) is 0 Å². The van der Waals surface area contributed by atoms with E-state index < -0.39 is 5.91 Å². The molecule has 0 radical (unpaired) electrons. The predicted octanol–water partition coefficient (Wildman–Crippen LogP) is 5.68.